The van der Waals surface area contributed by atoms with Crippen molar-refractivity contribution in [2.24, 2.45) is 5.92 Å². The summed E-state index contributed by atoms with van der Waals surface area (Å²) in [6.45, 7) is 2.75. The highest BCUT2D eigenvalue weighted by atomic mass is 16.3. The third-order valence-electron chi connectivity index (χ3n) is 5.03. The van der Waals surface area contributed by atoms with Crippen LogP contribution in [0.1, 0.15) is 43.8 Å². The van der Waals surface area contributed by atoms with Crippen molar-refractivity contribution in [3.05, 3.63) is 35.9 Å². The van der Waals surface area contributed by atoms with Crippen molar-refractivity contribution in [1.29, 1.82) is 0 Å². The molecule has 0 aliphatic carbocycles. The third-order valence-corrected chi connectivity index (χ3v) is 5.03. The Balaban J connectivity index is 1.61. The Labute approximate surface area is 132 Å². The number of hydrogen-bond donors (Lipinski definition) is 2. The first kappa shape index (κ1) is 15.5. The number of carbonyl (C=O) groups excluding carboxylic acids is 1. The summed E-state index contributed by atoms with van der Waals surface area (Å²) in [5.41, 5.74) is 0.948. The molecule has 2 N–H and O–H groups in total. The van der Waals surface area contributed by atoms with E-state index in [1.54, 1.807) is 0 Å². The standard InChI is InChI=1S/C18H26N2O2/c21-17(14-5-2-1-3-6-14)13-16-7-4-12-20(16)18(22)15-8-10-19-11-9-15/h1-3,5-6,15-17,19,21H,4,7-13H2/t16-,17+/m0/s1. The van der Waals surface area contributed by atoms with Crippen LogP contribution in [0.2, 0.25) is 0 Å². The molecule has 0 aromatic heterocycles. The van der Waals surface area contributed by atoms with Crippen molar-refractivity contribution >= 4 is 5.91 Å². The molecule has 1 aromatic rings. The van der Waals surface area contributed by atoms with Gasteiger partial charge in [0.05, 0.1) is 6.10 Å². The fourth-order valence-corrected chi connectivity index (χ4v) is 3.74. The number of rotatable bonds is 4. The normalized spacial score (nSPS) is 24.4. The molecule has 120 valence electrons. The van der Waals surface area contributed by atoms with E-state index in [1.807, 2.05) is 35.2 Å². The molecule has 22 heavy (non-hydrogen) atoms. The predicted octanol–water partition coefficient (Wildman–Crippen LogP) is 2.10. The molecule has 3 rings (SSSR count). The monoisotopic (exact) mass is 302 g/mol. The van der Waals surface area contributed by atoms with Gasteiger partial charge in [0.2, 0.25) is 5.91 Å². The van der Waals surface area contributed by atoms with Crippen molar-refractivity contribution < 1.29 is 9.90 Å². The van der Waals surface area contributed by atoms with E-state index in [9.17, 15) is 9.90 Å². The van der Waals surface area contributed by atoms with Gasteiger partial charge in [-0.2, -0.15) is 0 Å². The lowest BCUT2D eigenvalue weighted by Gasteiger charge is -2.32. The maximum absolute atomic E-state index is 12.7. The van der Waals surface area contributed by atoms with Crippen molar-refractivity contribution in [2.75, 3.05) is 19.6 Å². The van der Waals surface area contributed by atoms with Crippen molar-refractivity contribution in [3.63, 3.8) is 0 Å². The zero-order chi connectivity index (χ0) is 15.4. The Morgan fingerprint density at radius 2 is 1.95 bits per heavy atom. The fourth-order valence-electron chi connectivity index (χ4n) is 3.74. The molecule has 0 spiro atoms. The first-order valence-electron chi connectivity index (χ1n) is 8.50. The summed E-state index contributed by atoms with van der Waals surface area (Å²) >= 11 is 0. The van der Waals surface area contributed by atoms with Crippen LogP contribution in [0.15, 0.2) is 30.3 Å². The number of aliphatic hydroxyl groups excluding tert-OH is 1. The molecule has 4 nitrogen and oxygen atoms in total. The second-order valence-electron chi connectivity index (χ2n) is 6.51. The molecule has 1 amide bonds. The molecular formula is C18H26N2O2. The van der Waals surface area contributed by atoms with Gasteiger partial charge in [0.15, 0.2) is 0 Å². The highest BCUT2D eigenvalue weighted by Crippen LogP contribution is 2.29. The quantitative estimate of drug-likeness (QED) is 0.895. The summed E-state index contributed by atoms with van der Waals surface area (Å²) in [7, 11) is 0. The number of nitrogens with one attached hydrogen (secondary N) is 1. The fraction of sp³-hybridized carbons (Fsp3) is 0.611. The topological polar surface area (TPSA) is 52.6 Å². The number of benzene rings is 1. The van der Waals surface area contributed by atoms with Gasteiger partial charge in [-0.05, 0) is 50.8 Å². The van der Waals surface area contributed by atoms with E-state index in [0.29, 0.717) is 12.3 Å². The van der Waals surface area contributed by atoms with Crippen LogP contribution < -0.4 is 5.32 Å². The van der Waals surface area contributed by atoms with Crippen molar-refractivity contribution in [3.8, 4) is 0 Å². The summed E-state index contributed by atoms with van der Waals surface area (Å²) in [4.78, 5) is 14.8. The molecule has 2 heterocycles. The van der Waals surface area contributed by atoms with Crippen LogP contribution in [0.4, 0.5) is 0 Å². The second-order valence-corrected chi connectivity index (χ2v) is 6.51. The van der Waals surface area contributed by atoms with Gasteiger partial charge < -0.3 is 15.3 Å². The number of hydrogen-bond acceptors (Lipinski definition) is 3. The largest absolute Gasteiger partial charge is 0.388 e. The van der Waals surface area contributed by atoms with Gasteiger partial charge in [-0.15, -0.1) is 0 Å². The number of amides is 1. The van der Waals surface area contributed by atoms with Gasteiger partial charge in [-0.1, -0.05) is 30.3 Å². The van der Waals surface area contributed by atoms with Crippen LogP contribution in [-0.2, 0) is 4.79 Å². The molecule has 0 unspecified atom stereocenters. The molecule has 2 aliphatic heterocycles. The minimum absolute atomic E-state index is 0.177. The number of aliphatic hydroxyl groups is 1. The van der Waals surface area contributed by atoms with E-state index in [-0.39, 0.29) is 12.0 Å². The van der Waals surface area contributed by atoms with Gasteiger partial charge in [0.25, 0.3) is 0 Å². The first-order valence-corrected chi connectivity index (χ1v) is 8.50. The van der Waals surface area contributed by atoms with E-state index in [4.69, 9.17) is 0 Å². The molecule has 2 atom stereocenters. The van der Waals surface area contributed by atoms with Crippen molar-refractivity contribution in [2.45, 2.75) is 44.2 Å². The Morgan fingerprint density at radius 3 is 2.68 bits per heavy atom. The minimum Gasteiger partial charge on any atom is -0.388 e. The predicted molar refractivity (Wildman–Crippen MR) is 86.3 cm³/mol. The summed E-state index contributed by atoms with van der Waals surface area (Å²) < 4.78 is 0. The molecule has 2 fully saturated rings. The molecule has 0 saturated carbocycles. The van der Waals surface area contributed by atoms with Crippen molar-refractivity contribution in [1.82, 2.24) is 10.2 Å². The molecule has 0 radical (unpaired) electrons. The molecule has 1 aromatic carbocycles. The van der Waals surface area contributed by atoms with Crippen LogP contribution in [-0.4, -0.2) is 41.6 Å². The van der Waals surface area contributed by atoms with Gasteiger partial charge in [0.1, 0.15) is 0 Å². The maximum Gasteiger partial charge on any atom is 0.226 e. The minimum atomic E-state index is -0.479. The Kier molecular flexibility index (Phi) is 5.11. The van der Waals surface area contributed by atoms with Crippen LogP contribution in [0.3, 0.4) is 0 Å². The zero-order valence-corrected chi connectivity index (χ0v) is 13.1. The third kappa shape index (κ3) is 3.50. The van der Waals surface area contributed by atoms with Crippen LogP contribution in [0.25, 0.3) is 0 Å². The van der Waals surface area contributed by atoms with Crippen LogP contribution in [0.5, 0.6) is 0 Å². The van der Waals surface area contributed by atoms with E-state index >= 15 is 0 Å². The van der Waals surface area contributed by atoms with Gasteiger partial charge in [0, 0.05) is 18.5 Å². The van der Waals surface area contributed by atoms with Crippen LogP contribution >= 0.6 is 0 Å². The first-order chi connectivity index (χ1) is 10.8. The number of piperidine rings is 1. The van der Waals surface area contributed by atoms with E-state index < -0.39 is 6.10 Å². The lowest BCUT2D eigenvalue weighted by atomic mass is 9.95. The van der Waals surface area contributed by atoms with Gasteiger partial charge in [-0.25, -0.2) is 0 Å². The summed E-state index contributed by atoms with van der Waals surface area (Å²) in [6, 6.07) is 9.96. The second kappa shape index (κ2) is 7.25. The number of likely N-dealkylation sites (tertiary alicyclic amines) is 1. The molecule has 2 saturated heterocycles. The van der Waals surface area contributed by atoms with Gasteiger partial charge in [-0.3, -0.25) is 4.79 Å². The van der Waals surface area contributed by atoms with E-state index in [2.05, 4.69) is 5.32 Å². The number of carbonyl (C=O) groups is 1. The Hall–Kier alpha value is -1.39. The van der Waals surface area contributed by atoms with E-state index in [0.717, 1.165) is 50.9 Å². The molecular weight excluding hydrogens is 276 g/mol. The molecule has 2 aliphatic rings. The lowest BCUT2D eigenvalue weighted by Crippen LogP contribution is -2.43. The average Bonchev–Trinajstić information content (AvgIpc) is 3.04. The lowest BCUT2D eigenvalue weighted by molar-refractivity contribution is -0.137. The maximum atomic E-state index is 12.7. The highest BCUT2D eigenvalue weighted by Gasteiger charge is 2.34. The summed E-state index contributed by atoms with van der Waals surface area (Å²) in [5, 5.41) is 13.8. The SMILES string of the molecule is O=C(C1CCNCC1)N1CCC[C@H]1C[C@@H](O)c1ccccc1. The smallest absolute Gasteiger partial charge is 0.226 e. The summed E-state index contributed by atoms with van der Waals surface area (Å²) in [5.74, 6) is 0.486. The van der Waals surface area contributed by atoms with E-state index in [1.165, 1.54) is 0 Å². The Morgan fingerprint density at radius 1 is 1.23 bits per heavy atom. The zero-order valence-electron chi connectivity index (χ0n) is 13.1. The summed E-state index contributed by atoms with van der Waals surface area (Å²) in [6.07, 6.45) is 4.14. The number of nitrogens with zero attached hydrogens (tertiary/aromatic N) is 1. The average molecular weight is 302 g/mol. The molecule has 0 bridgehead atoms. The Bertz CT molecular complexity index is 485. The van der Waals surface area contributed by atoms with Crippen LogP contribution in [0, 0.1) is 5.92 Å². The molecule has 4 heteroatoms. The highest BCUT2D eigenvalue weighted by molar-refractivity contribution is 5.79. The van der Waals surface area contributed by atoms with Gasteiger partial charge >= 0.3 is 0 Å².